The molecule has 172 valence electrons. The first-order valence-corrected chi connectivity index (χ1v) is 11.9. The van der Waals surface area contributed by atoms with Crippen LogP contribution < -0.4 is 15.8 Å². The van der Waals surface area contributed by atoms with Crippen molar-refractivity contribution in [3.05, 3.63) is 89.2 Å². The standard InChI is InChI=1S/C25H18N6O3S/c32-21-14-29(20-13-7-5-11-18(20)26-21)22(33)15-35-25-28-27-24-30(16-8-2-1-3-9-16)23(34)17-10-4-6-12-19(17)31(24)25/h1-13H,14-15H2,(H,26,32). The summed E-state index contributed by atoms with van der Waals surface area (Å²) in [5.41, 5.74) is 2.39. The molecule has 0 saturated carbocycles. The van der Waals surface area contributed by atoms with Crippen molar-refractivity contribution in [3.8, 4) is 5.69 Å². The van der Waals surface area contributed by atoms with Gasteiger partial charge in [0.15, 0.2) is 5.16 Å². The molecular weight excluding hydrogens is 464 g/mol. The second-order valence-electron chi connectivity index (χ2n) is 7.95. The zero-order valence-electron chi connectivity index (χ0n) is 18.3. The van der Waals surface area contributed by atoms with Crippen LogP contribution in [0.4, 0.5) is 11.4 Å². The second kappa shape index (κ2) is 8.41. The number of para-hydroxylation sites is 4. The van der Waals surface area contributed by atoms with Gasteiger partial charge in [0.1, 0.15) is 6.54 Å². The van der Waals surface area contributed by atoms with Crippen LogP contribution in [0.2, 0.25) is 0 Å². The molecule has 1 aliphatic heterocycles. The van der Waals surface area contributed by atoms with Crippen LogP contribution in [0.5, 0.6) is 0 Å². The Morgan fingerprint density at radius 1 is 0.914 bits per heavy atom. The number of benzene rings is 3. The third-order valence-electron chi connectivity index (χ3n) is 5.81. The molecule has 0 atom stereocenters. The Balaban J connectivity index is 1.41. The molecule has 1 aliphatic rings. The third-order valence-corrected chi connectivity index (χ3v) is 6.72. The molecule has 2 aromatic heterocycles. The molecular formula is C25H18N6O3S. The van der Waals surface area contributed by atoms with Gasteiger partial charge in [-0.05, 0) is 36.4 Å². The highest BCUT2D eigenvalue weighted by Gasteiger charge is 2.27. The summed E-state index contributed by atoms with van der Waals surface area (Å²) >= 11 is 1.21. The van der Waals surface area contributed by atoms with Crippen molar-refractivity contribution in [1.82, 2.24) is 19.2 Å². The van der Waals surface area contributed by atoms with E-state index in [1.54, 1.807) is 22.6 Å². The van der Waals surface area contributed by atoms with E-state index in [-0.39, 0.29) is 29.7 Å². The Labute approximate surface area is 203 Å². The number of anilines is 2. The molecule has 0 fully saturated rings. The highest BCUT2D eigenvalue weighted by Crippen LogP contribution is 2.30. The summed E-state index contributed by atoms with van der Waals surface area (Å²) in [4.78, 5) is 40.1. The first kappa shape index (κ1) is 21.1. The number of amides is 2. The van der Waals surface area contributed by atoms with Gasteiger partial charge in [0, 0.05) is 0 Å². The number of rotatable bonds is 4. The molecule has 6 rings (SSSR count). The Kier molecular flexibility index (Phi) is 5.07. The predicted molar refractivity (Wildman–Crippen MR) is 134 cm³/mol. The average molecular weight is 483 g/mol. The molecule has 2 amide bonds. The molecule has 0 aliphatic carbocycles. The summed E-state index contributed by atoms with van der Waals surface area (Å²) in [6.45, 7) is -0.0481. The lowest BCUT2D eigenvalue weighted by molar-refractivity contribution is -0.120. The van der Waals surface area contributed by atoms with Crippen LogP contribution in [0.1, 0.15) is 0 Å². The third kappa shape index (κ3) is 3.55. The number of hydrogen-bond donors (Lipinski definition) is 1. The average Bonchev–Trinajstić information content (AvgIpc) is 3.31. The number of carbonyl (C=O) groups excluding carboxylic acids is 2. The maximum atomic E-state index is 13.3. The quantitative estimate of drug-likeness (QED) is 0.395. The van der Waals surface area contributed by atoms with Gasteiger partial charge in [-0.2, -0.15) is 0 Å². The summed E-state index contributed by atoms with van der Waals surface area (Å²) in [5, 5.41) is 12.4. The van der Waals surface area contributed by atoms with Gasteiger partial charge in [-0.1, -0.05) is 54.2 Å². The van der Waals surface area contributed by atoms with Crippen LogP contribution in [0.15, 0.2) is 88.8 Å². The van der Waals surface area contributed by atoms with E-state index in [4.69, 9.17) is 0 Å². The van der Waals surface area contributed by atoms with Gasteiger partial charge in [-0.15, -0.1) is 10.2 Å². The normalized spacial score (nSPS) is 13.1. The summed E-state index contributed by atoms with van der Waals surface area (Å²) in [7, 11) is 0. The first-order valence-electron chi connectivity index (χ1n) is 10.9. The lowest BCUT2D eigenvalue weighted by atomic mass is 10.2. The molecule has 5 aromatic rings. The largest absolute Gasteiger partial charge is 0.323 e. The summed E-state index contributed by atoms with van der Waals surface area (Å²) in [6.07, 6.45) is 0. The van der Waals surface area contributed by atoms with E-state index in [2.05, 4.69) is 15.5 Å². The van der Waals surface area contributed by atoms with Crippen LogP contribution in [0.25, 0.3) is 22.4 Å². The smallest absolute Gasteiger partial charge is 0.267 e. The van der Waals surface area contributed by atoms with Crippen molar-refractivity contribution in [3.63, 3.8) is 0 Å². The number of carbonyl (C=O) groups is 2. The number of nitrogens with one attached hydrogen (secondary N) is 1. The van der Waals surface area contributed by atoms with Crippen LogP contribution in [-0.2, 0) is 9.59 Å². The Bertz CT molecular complexity index is 1680. The number of fused-ring (bicyclic) bond motifs is 4. The van der Waals surface area contributed by atoms with Crippen LogP contribution >= 0.6 is 11.8 Å². The van der Waals surface area contributed by atoms with Gasteiger partial charge in [0.25, 0.3) is 5.56 Å². The minimum absolute atomic E-state index is 0.0429. The summed E-state index contributed by atoms with van der Waals surface area (Å²) < 4.78 is 3.31. The van der Waals surface area contributed by atoms with Crippen molar-refractivity contribution in [1.29, 1.82) is 0 Å². The van der Waals surface area contributed by atoms with Crippen molar-refractivity contribution in [2.45, 2.75) is 5.16 Å². The van der Waals surface area contributed by atoms with Gasteiger partial charge in [-0.3, -0.25) is 18.8 Å². The fraction of sp³-hybridized carbons (Fsp3) is 0.0800. The Morgan fingerprint density at radius 2 is 1.66 bits per heavy atom. The highest BCUT2D eigenvalue weighted by atomic mass is 32.2. The molecule has 3 heterocycles. The van der Waals surface area contributed by atoms with E-state index in [1.807, 2.05) is 60.7 Å². The summed E-state index contributed by atoms with van der Waals surface area (Å²) in [6, 6.07) is 23.7. The monoisotopic (exact) mass is 482 g/mol. The maximum Gasteiger partial charge on any atom is 0.267 e. The number of aromatic nitrogens is 4. The van der Waals surface area contributed by atoms with Crippen molar-refractivity contribution in [2.24, 2.45) is 0 Å². The molecule has 1 N–H and O–H groups in total. The second-order valence-corrected chi connectivity index (χ2v) is 8.89. The van der Waals surface area contributed by atoms with E-state index >= 15 is 0 Å². The zero-order chi connectivity index (χ0) is 23.9. The van der Waals surface area contributed by atoms with Crippen molar-refractivity contribution in [2.75, 3.05) is 22.5 Å². The van der Waals surface area contributed by atoms with E-state index < -0.39 is 0 Å². The van der Waals surface area contributed by atoms with Crippen LogP contribution in [0.3, 0.4) is 0 Å². The first-order chi connectivity index (χ1) is 17.1. The molecule has 0 radical (unpaired) electrons. The van der Waals surface area contributed by atoms with Gasteiger partial charge in [-0.25, -0.2) is 4.57 Å². The lowest BCUT2D eigenvalue weighted by Gasteiger charge is -2.28. The molecule has 35 heavy (non-hydrogen) atoms. The van der Waals surface area contributed by atoms with Gasteiger partial charge in [0.05, 0.1) is 33.7 Å². The fourth-order valence-corrected chi connectivity index (χ4v) is 5.06. The van der Waals surface area contributed by atoms with Gasteiger partial charge < -0.3 is 10.2 Å². The van der Waals surface area contributed by atoms with Crippen LogP contribution in [0, 0.1) is 0 Å². The van der Waals surface area contributed by atoms with E-state index in [0.717, 1.165) is 0 Å². The lowest BCUT2D eigenvalue weighted by Crippen LogP contribution is -2.43. The molecule has 0 spiro atoms. The van der Waals surface area contributed by atoms with Crippen molar-refractivity contribution >= 4 is 51.6 Å². The minimum atomic E-state index is -0.243. The number of hydrogen-bond acceptors (Lipinski definition) is 6. The molecule has 9 nitrogen and oxygen atoms in total. The molecule has 0 unspecified atom stereocenters. The molecule has 0 bridgehead atoms. The van der Waals surface area contributed by atoms with Crippen LogP contribution in [-0.4, -0.2) is 43.3 Å². The van der Waals surface area contributed by atoms with E-state index in [1.165, 1.54) is 21.2 Å². The van der Waals surface area contributed by atoms with Gasteiger partial charge >= 0.3 is 0 Å². The topological polar surface area (TPSA) is 102 Å². The molecule has 10 heteroatoms. The SMILES string of the molecule is O=C1CN(C(=O)CSc2nnc3n(-c4ccccc4)c(=O)c4ccccc4n23)c2ccccc2N1. The predicted octanol–water partition coefficient (Wildman–Crippen LogP) is 3.11. The van der Waals surface area contributed by atoms with Crippen molar-refractivity contribution < 1.29 is 9.59 Å². The number of nitrogens with zero attached hydrogens (tertiary/aromatic N) is 5. The minimum Gasteiger partial charge on any atom is -0.323 e. The zero-order valence-corrected chi connectivity index (χ0v) is 19.1. The van der Waals surface area contributed by atoms with E-state index in [0.29, 0.717) is 38.9 Å². The summed E-state index contributed by atoms with van der Waals surface area (Å²) in [5.74, 6) is -0.0681. The fourth-order valence-electron chi connectivity index (χ4n) is 4.24. The van der Waals surface area contributed by atoms with Gasteiger partial charge in [0.2, 0.25) is 17.6 Å². The Morgan fingerprint density at radius 3 is 2.51 bits per heavy atom. The highest BCUT2D eigenvalue weighted by molar-refractivity contribution is 7.99. The Hall–Kier alpha value is -4.44. The van der Waals surface area contributed by atoms with E-state index in [9.17, 15) is 14.4 Å². The molecule has 0 saturated heterocycles. The molecule has 3 aromatic carbocycles. The maximum absolute atomic E-state index is 13.3. The number of thioether (sulfide) groups is 1.